The summed E-state index contributed by atoms with van der Waals surface area (Å²) in [6.45, 7) is 7.94. The van der Waals surface area contributed by atoms with Crippen molar-refractivity contribution in [3.05, 3.63) is 52.0 Å². The Morgan fingerprint density at radius 1 is 1.33 bits per heavy atom. The number of benzene rings is 1. The quantitative estimate of drug-likeness (QED) is 0.619. The lowest BCUT2D eigenvalue weighted by molar-refractivity contribution is 0.789. The van der Waals surface area contributed by atoms with Crippen LogP contribution in [0.2, 0.25) is 0 Å². The van der Waals surface area contributed by atoms with E-state index in [0.717, 1.165) is 23.2 Å². The average molecular weight is 343 g/mol. The zero-order valence-corrected chi connectivity index (χ0v) is 15.4. The lowest BCUT2D eigenvalue weighted by atomic mass is 10.1. The van der Waals surface area contributed by atoms with Gasteiger partial charge in [-0.1, -0.05) is 44.2 Å². The molecular formula is C19H26N4S. The van der Waals surface area contributed by atoms with E-state index in [9.17, 15) is 0 Å². The molecule has 2 N–H and O–H groups in total. The molecule has 1 heterocycles. The van der Waals surface area contributed by atoms with Gasteiger partial charge in [-0.2, -0.15) is 0 Å². The van der Waals surface area contributed by atoms with Crippen LogP contribution in [0.5, 0.6) is 0 Å². The van der Waals surface area contributed by atoms with E-state index >= 15 is 0 Å². The molecule has 128 valence electrons. The minimum absolute atomic E-state index is 0.475. The molecule has 1 aromatic carbocycles. The lowest BCUT2D eigenvalue weighted by Crippen LogP contribution is -2.39. The van der Waals surface area contributed by atoms with Crippen LogP contribution in [-0.2, 0) is 6.54 Å². The highest BCUT2D eigenvalue weighted by Crippen LogP contribution is 2.40. The van der Waals surface area contributed by atoms with Crippen molar-refractivity contribution < 1.29 is 0 Å². The van der Waals surface area contributed by atoms with Gasteiger partial charge in [0.05, 0.1) is 12.2 Å². The first kappa shape index (κ1) is 17.0. The molecule has 0 radical (unpaired) electrons. The highest BCUT2D eigenvalue weighted by molar-refractivity contribution is 7.09. The fourth-order valence-electron chi connectivity index (χ4n) is 2.73. The first-order chi connectivity index (χ1) is 11.7. The van der Waals surface area contributed by atoms with E-state index in [1.54, 1.807) is 11.3 Å². The second-order valence-electron chi connectivity index (χ2n) is 6.52. The van der Waals surface area contributed by atoms with Gasteiger partial charge in [0.25, 0.3) is 0 Å². The van der Waals surface area contributed by atoms with Crippen LogP contribution in [0.3, 0.4) is 0 Å². The summed E-state index contributed by atoms with van der Waals surface area (Å²) in [6.07, 6.45) is 1.17. The molecule has 0 aliphatic heterocycles. The van der Waals surface area contributed by atoms with Gasteiger partial charge in [-0.3, -0.25) is 0 Å². The van der Waals surface area contributed by atoms with Crippen molar-refractivity contribution in [3.8, 4) is 0 Å². The van der Waals surface area contributed by atoms with Gasteiger partial charge in [0.2, 0.25) is 0 Å². The Kier molecular flexibility index (Phi) is 5.51. The largest absolute Gasteiger partial charge is 0.357 e. The molecule has 1 aromatic heterocycles. The number of rotatable bonds is 6. The minimum Gasteiger partial charge on any atom is -0.357 e. The summed E-state index contributed by atoms with van der Waals surface area (Å²) < 4.78 is 0. The van der Waals surface area contributed by atoms with E-state index in [2.05, 4.69) is 72.1 Å². The molecule has 1 fully saturated rings. The van der Waals surface area contributed by atoms with Crippen LogP contribution in [0.25, 0.3) is 0 Å². The second-order valence-corrected chi connectivity index (χ2v) is 7.46. The molecule has 3 rings (SSSR count). The third kappa shape index (κ3) is 4.35. The summed E-state index contributed by atoms with van der Waals surface area (Å²) >= 11 is 1.70. The van der Waals surface area contributed by atoms with E-state index in [0.29, 0.717) is 24.4 Å². The standard InChI is InChI=1S/C19H26N4S/c1-4-20-19(21-11-18-22-17(12-24-18)13(2)3)23-16-10-15(16)14-8-6-5-7-9-14/h5-9,12-13,15-16H,4,10-11H2,1-3H3,(H2,20,21,23). The fraction of sp³-hybridized carbons (Fsp3) is 0.474. The number of nitrogens with zero attached hydrogens (tertiary/aromatic N) is 2. The maximum absolute atomic E-state index is 4.71. The van der Waals surface area contributed by atoms with Crippen molar-refractivity contribution >= 4 is 17.3 Å². The summed E-state index contributed by atoms with van der Waals surface area (Å²) in [4.78, 5) is 9.36. The molecule has 24 heavy (non-hydrogen) atoms. The highest BCUT2D eigenvalue weighted by Gasteiger charge is 2.38. The zero-order valence-electron chi connectivity index (χ0n) is 14.6. The predicted octanol–water partition coefficient (Wildman–Crippen LogP) is 3.88. The summed E-state index contributed by atoms with van der Waals surface area (Å²) in [5.41, 5.74) is 2.57. The zero-order chi connectivity index (χ0) is 16.9. The average Bonchev–Trinajstić information content (AvgIpc) is 3.18. The van der Waals surface area contributed by atoms with E-state index < -0.39 is 0 Å². The predicted molar refractivity (Wildman–Crippen MR) is 102 cm³/mol. The molecular weight excluding hydrogens is 316 g/mol. The highest BCUT2D eigenvalue weighted by atomic mass is 32.1. The van der Waals surface area contributed by atoms with Crippen LogP contribution in [0.4, 0.5) is 0 Å². The molecule has 2 aromatic rings. The Hall–Kier alpha value is -1.88. The first-order valence-electron chi connectivity index (χ1n) is 8.71. The second kappa shape index (κ2) is 7.79. The van der Waals surface area contributed by atoms with Crippen molar-refractivity contribution in [2.45, 2.75) is 51.6 Å². The maximum atomic E-state index is 4.71. The van der Waals surface area contributed by atoms with Gasteiger partial charge in [-0.25, -0.2) is 9.98 Å². The molecule has 0 bridgehead atoms. The van der Waals surface area contributed by atoms with Crippen LogP contribution in [0, 0.1) is 0 Å². The fourth-order valence-corrected chi connectivity index (χ4v) is 3.61. The molecule has 0 amide bonds. The third-order valence-electron chi connectivity index (χ3n) is 4.22. The molecule has 4 nitrogen and oxygen atoms in total. The molecule has 1 aliphatic rings. The molecule has 1 aliphatic carbocycles. The normalized spacial score (nSPS) is 20.2. The van der Waals surface area contributed by atoms with Crippen LogP contribution >= 0.6 is 11.3 Å². The van der Waals surface area contributed by atoms with Crippen molar-refractivity contribution in [1.29, 1.82) is 0 Å². The van der Waals surface area contributed by atoms with Gasteiger partial charge < -0.3 is 10.6 Å². The molecule has 0 saturated heterocycles. The van der Waals surface area contributed by atoms with Gasteiger partial charge in [0.15, 0.2) is 5.96 Å². The number of aliphatic imine (C=N–C) groups is 1. The van der Waals surface area contributed by atoms with E-state index in [1.807, 2.05) is 0 Å². The Bertz CT molecular complexity index is 678. The first-order valence-corrected chi connectivity index (χ1v) is 9.59. The smallest absolute Gasteiger partial charge is 0.191 e. The topological polar surface area (TPSA) is 49.3 Å². The molecule has 2 unspecified atom stereocenters. The third-order valence-corrected chi connectivity index (χ3v) is 5.07. The van der Waals surface area contributed by atoms with E-state index in [-0.39, 0.29) is 0 Å². The van der Waals surface area contributed by atoms with Crippen molar-refractivity contribution in [3.63, 3.8) is 0 Å². The van der Waals surface area contributed by atoms with Gasteiger partial charge in [-0.05, 0) is 24.8 Å². The maximum Gasteiger partial charge on any atom is 0.191 e. The van der Waals surface area contributed by atoms with Gasteiger partial charge in [0.1, 0.15) is 5.01 Å². The number of aromatic nitrogens is 1. The van der Waals surface area contributed by atoms with Crippen molar-refractivity contribution in [1.82, 2.24) is 15.6 Å². The van der Waals surface area contributed by atoms with Crippen LogP contribution in [0.15, 0.2) is 40.7 Å². The number of thiazole rings is 1. The summed E-state index contributed by atoms with van der Waals surface area (Å²) in [5.74, 6) is 1.97. The van der Waals surface area contributed by atoms with E-state index in [1.165, 1.54) is 12.0 Å². The number of hydrogen-bond donors (Lipinski definition) is 2. The molecule has 2 atom stereocenters. The van der Waals surface area contributed by atoms with Crippen molar-refractivity contribution in [2.24, 2.45) is 4.99 Å². The van der Waals surface area contributed by atoms with Crippen LogP contribution in [-0.4, -0.2) is 23.5 Å². The monoisotopic (exact) mass is 342 g/mol. The van der Waals surface area contributed by atoms with Gasteiger partial charge >= 0.3 is 0 Å². The summed E-state index contributed by atoms with van der Waals surface area (Å²) in [5, 5.41) is 10.1. The minimum atomic E-state index is 0.475. The number of guanidine groups is 1. The van der Waals surface area contributed by atoms with Gasteiger partial charge in [0, 0.05) is 23.9 Å². The van der Waals surface area contributed by atoms with Gasteiger partial charge in [-0.15, -0.1) is 11.3 Å². The Morgan fingerprint density at radius 3 is 2.79 bits per heavy atom. The Labute approximate surface area is 148 Å². The van der Waals surface area contributed by atoms with Crippen LogP contribution < -0.4 is 10.6 Å². The summed E-state index contributed by atoms with van der Waals surface area (Å²) in [6, 6.07) is 11.2. The lowest BCUT2D eigenvalue weighted by Gasteiger charge is -2.11. The molecule has 1 saturated carbocycles. The van der Waals surface area contributed by atoms with Crippen LogP contribution in [0.1, 0.15) is 55.3 Å². The number of hydrogen-bond acceptors (Lipinski definition) is 3. The van der Waals surface area contributed by atoms with E-state index in [4.69, 9.17) is 4.99 Å². The molecule has 0 spiro atoms. The number of nitrogens with one attached hydrogen (secondary N) is 2. The Balaban J connectivity index is 1.58. The molecule has 5 heteroatoms. The SMILES string of the molecule is CCNC(=NCc1nc(C(C)C)cs1)NC1CC1c1ccccc1. The summed E-state index contributed by atoms with van der Waals surface area (Å²) in [7, 11) is 0. The Morgan fingerprint density at radius 2 is 2.12 bits per heavy atom. The van der Waals surface area contributed by atoms with Crippen molar-refractivity contribution in [2.75, 3.05) is 6.54 Å².